The standard InChI is InChI=1S/C11H9N3O3S/c1-6-13-5-9(18-6)10(15)14-7-2-3-12-8(4-7)11(16)17/h2-5H,1H3,(H,16,17)(H,12,14,15). The molecule has 6 nitrogen and oxygen atoms in total. The van der Waals surface area contributed by atoms with Gasteiger partial charge in [0.2, 0.25) is 0 Å². The smallest absolute Gasteiger partial charge is 0.354 e. The SMILES string of the molecule is Cc1ncc(C(=O)Nc2ccnc(C(=O)O)c2)s1. The van der Waals surface area contributed by atoms with Crippen LogP contribution in [-0.2, 0) is 0 Å². The van der Waals surface area contributed by atoms with Crippen LogP contribution in [0.3, 0.4) is 0 Å². The molecule has 0 saturated heterocycles. The zero-order valence-corrected chi connectivity index (χ0v) is 10.2. The van der Waals surface area contributed by atoms with E-state index in [9.17, 15) is 9.59 Å². The molecule has 2 heterocycles. The number of rotatable bonds is 3. The molecule has 0 aliphatic carbocycles. The molecule has 0 aliphatic rings. The molecule has 0 atom stereocenters. The lowest BCUT2D eigenvalue weighted by Crippen LogP contribution is -2.11. The fourth-order valence-corrected chi connectivity index (χ4v) is 1.96. The summed E-state index contributed by atoms with van der Waals surface area (Å²) in [6.45, 7) is 1.80. The average Bonchev–Trinajstić information content (AvgIpc) is 2.76. The van der Waals surface area contributed by atoms with Gasteiger partial charge in [0.15, 0.2) is 0 Å². The molecular formula is C11H9N3O3S. The number of aryl methyl sites for hydroxylation is 1. The van der Waals surface area contributed by atoms with E-state index < -0.39 is 5.97 Å². The lowest BCUT2D eigenvalue weighted by Gasteiger charge is -2.03. The van der Waals surface area contributed by atoms with Crippen LogP contribution in [0.5, 0.6) is 0 Å². The number of hydrogen-bond acceptors (Lipinski definition) is 5. The molecule has 2 rings (SSSR count). The van der Waals surface area contributed by atoms with Gasteiger partial charge in [-0.05, 0) is 19.1 Å². The van der Waals surface area contributed by atoms with Crippen molar-refractivity contribution in [2.45, 2.75) is 6.92 Å². The number of aromatic carboxylic acids is 1. The Morgan fingerprint density at radius 3 is 2.78 bits per heavy atom. The number of carbonyl (C=O) groups is 2. The second-order valence-corrected chi connectivity index (χ2v) is 4.67. The highest BCUT2D eigenvalue weighted by atomic mass is 32.1. The Morgan fingerprint density at radius 1 is 1.39 bits per heavy atom. The van der Waals surface area contributed by atoms with E-state index in [1.807, 2.05) is 0 Å². The van der Waals surface area contributed by atoms with E-state index >= 15 is 0 Å². The summed E-state index contributed by atoms with van der Waals surface area (Å²) in [6, 6.07) is 2.83. The normalized spacial score (nSPS) is 10.1. The largest absolute Gasteiger partial charge is 0.477 e. The number of carboxylic acids is 1. The van der Waals surface area contributed by atoms with Gasteiger partial charge in [-0.25, -0.2) is 14.8 Å². The monoisotopic (exact) mass is 263 g/mol. The van der Waals surface area contributed by atoms with E-state index in [-0.39, 0.29) is 11.6 Å². The molecule has 1 amide bonds. The summed E-state index contributed by atoms with van der Waals surface area (Å²) in [4.78, 5) is 30.6. The van der Waals surface area contributed by atoms with Gasteiger partial charge in [-0.3, -0.25) is 4.79 Å². The second-order valence-electron chi connectivity index (χ2n) is 3.43. The average molecular weight is 263 g/mol. The first-order valence-corrected chi connectivity index (χ1v) is 5.81. The number of carbonyl (C=O) groups excluding carboxylic acids is 1. The van der Waals surface area contributed by atoms with Crippen LogP contribution in [0.2, 0.25) is 0 Å². The summed E-state index contributed by atoms with van der Waals surface area (Å²) in [7, 11) is 0. The zero-order valence-electron chi connectivity index (χ0n) is 9.38. The fraction of sp³-hybridized carbons (Fsp3) is 0.0909. The Bertz CT molecular complexity index is 609. The third kappa shape index (κ3) is 2.69. The molecule has 18 heavy (non-hydrogen) atoms. The van der Waals surface area contributed by atoms with Gasteiger partial charge >= 0.3 is 5.97 Å². The maximum atomic E-state index is 11.8. The van der Waals surface area contributed by atoms with Crippen molar-refractivity contribution in [1.29, 1.82) is 0 Å². The van der Waals surface area contributed by atoms with Crippen molar-refractivity contribution >= 4 is 28.9 Å². The summed E-state index contributed by atoms with van der Waals surface area (Å²) in [5, 5.41) is 12.2. The molecule has 0 bridgehead atoms. The summed E-state index contributed by atoms with van der Waals surface area (Å²) in [6.07, 6.45) is 2.81. The molecule has 7 heteroatoms. The molecule has 0 fully saturated rings. The first kappa shape index (κ1) is 12.2. The Kier molecular flexibility index (Phi) is 3.33. The number of pyridine rings is 1. The maximum Gasteiger partial charge on any atom is 0.354 e. The van der Waals surface area contributed by atoms with Crippen molar-refractivity contribution < 1.29 is 14.7 Å². The quantitative estimate of drug-likeness (QED) is 0.880. The van der Waals surface area contributed by atoms with Gasteiger partial charge in [-0.2, -0.15) is 0 Å². The first-order valence-electron chi connectivity index (χ1n) is 4.99. The van der Waals surface area contributed by atoms with Crippen LogP contribution < -0.4 is 5.32 Å². The van der Waals surface area contributed by atoms with E-state index in [1.54, 1.807) is 6.92 Å². The molecule has 0 saturated carbocycles. The minimum Gasteiger partial charge on any atom is -0.477 e. The lowest BCUT2D eigenvalue weighted by molar-refractivity contribution is 0.0690. The zero-order chi connectivity index (χ0) is 13.1. The maximum absolute atomic E-state index is 11.8. The van der Waals surface area contributed by atoms with Crippen molar-refractivity contribution in [3.63, 3.8) is 0 Å². The van der Waals surface area contributed by atoms with Gasteiger partial charge in [-0.15, -0.1) is 11.3 Å². The summed E-state index contributed by atoms with van der Waals surface area (Å²) >= 11 is 1.27. The minimum absolute atomic E-state index is 0.117. The van der Waals surface area contributed by atoms with Crippen molar-refractivity contribution in [3.05, 3.63) is 40.1 Å². The summed E-state index contributed by atoms with van der Waals surface area (Å²) in [5.74, 6) is -1.46. The topological polar surface area (TPSA) is 92.2 Å². The van der Waals surface area contributed by atoms with Gasteiger partial charge in [0, 0.05) is 11.9 Å². The summed E-state index contributed by atoms with van der Waals surface area (Å²) < 4.78 is 0. The molecule has 0 aromatic carbocycles. The number of hydrogen-bond donors (Lipinski definition) is 2. The third-order valence-corrected chi connectivity index (χ3v) is 2.99. The van der Waals surface area contributed by atoms with Crippen LogP contribution >= 0.6 is 11.3 Å². The van der Waals surface area contributed by atoms with Gasteiger partial charge in [-0.1, -0.05) is 0 Å². The number of aromatic nitrogens is 2. The molecule has 2 N–H and O–H groups in total. The van der Waals surface area contributed by atoms with E-state index in [2.05, 4.69) is 15.3 Å². The lowest BCUT2D eigenvalue weighted by atomic mass is 10.3. The Balaban J connectivity index is 2.16. The highest BCUT2D eigenvalue weighted by molar-refractivity contribution is 7.13. The fourth-order valence-electron chi connectivity index (χ4n) is 1.28. The van der Waals surface area contributed by atoms with E-state index in [0.29, 0.717) is 10.6 Å². The molecule has 2 aromatic heterocycles. The highest BCUT2D eigenvalue weighted by Crippen LogP contribution is 2.15. The van der Waals surface area contributed by atoms with E-state index in [0.717, 1.165) is 5.01 Å². The number of anilines is 1. The molecule has 92 valence electrons. The molecule has 0 radical (unpaired) electrons. The van der Waals surface area contributed by atoms with Crippen molar-refractivity contribution in [3.8, 4) is 0 Å². The van der Waals surface area contributed by atoms with Crippen molar-refractivity contribution in [1.82, 2.24) is 9.97 Å². The van der Waals surface area contributed by atoms with Crippen LogP contribution in [0, 0.1) is 6.92 Å². The summed E-state index contributed by atoms with van der Waals surface area (Å²) in [5.41, 5.74) is 0.270. The van der Waals surface area contributed by atoms with Crippen LogP contribution in [0.4, 0.5) is 5.69 Å². The number of nitrogens with one attached hydrogen (secondary N) is 1. The number of nitrogens with zero attached hydrogens (tertiary/aromatic N) is 2. The molecule has 0 aliphatic heterocycles. The van der Waals surface area contributed by atoms with Crippen LogP contribution in [0.25, 0.3) is 0 Å². The van der Waals surface area contributed by atoms with Crippen LogP contribution in [0.1, 0.15) is 25.2 Å². The number of thiazole rings is 1. The number of carboxylic acid groups (broad SMARTS) is 1. The minimum atomic E-state index is -1.14. The van der Waals surface area contributed by atoms with E-state index in [4.69, 9.17) is 5.11 Å². The molecule has 0 spiro atoms. The predicted octanol–water partition coefficient (Wildman–Crippen LogP) is 1.80. The van der Waals surface area contributed by atoms with E-state index in [1.165, 1.54) is 35.9 Å². The predicted molar refractivity (Wildman–Crippen MR) is 66.0 cm³/mol. The van der Waals surface area contributed by atoms with Crippen LogP contribution in [-0.4, -0.2) is 27.0 Å². The molecule has 0 unspecified atom stereocenters. The van der Waals surface area contributed by atoms with Crippen molar-refractivity contribution in [2.75, 3.05) is 5.32 Å². The van der Waals surface area contributed by atoms with Gasteiger partial charge < -0.3 is 10.4 Å². The van der Waals surface area contributed by atoms with Gasteiger partial charge in [0.05, 0.1) is 11.2 Å². The third-order valence-electron chi connectivity index (χ3n) is 2.08. The Labute approximate surface area is 106 Å². The molecular weight excluding hydrogens is 254 g/mol. The van der Waals surface area contributed by atoms with Crippen LogP contribution in [0.15, 0.2) is 24.5 Å². The number of amides is 1. The second kappa shape index (κ2) is 4.92. The molecule has 2 aromatic rings. The van der Waals surface area contributed by atoms with Gasteiger partial charge in [0.1, 0.15) is 10.6 Å². The first-order chi connectivity index (χ1) is 8.56. The Morgan fingerprint density at radius 2 is 2.17 bits per heavy atom. The van der Waals surface area contributed by atoms with Gasteiger partial charge in [0.25, 0.3) is 5.91 Å². The van der Waals surface area contributed by atoms with Crippen molar-refractivity contribution in [2.24, 2.45) is 0 Å². The highest BCUT2D eigenvalue weighted by Gasteiger charge is 2.11. The Hall–Kier alpha value is -2.28.